The van der Waals surface area contributed by atoms with Crippen LogP contribution in [0.5, 0.6) is 0 Å². The summed E-state index contributed by atoms with van der Waals surface area (Å²) in [5, 5.41) is 19.6. The zero-order valence-corrected chi connectivity index (χ0v) is 7.19. The van der Waals surface area contributed by atoms with E-state index in [1.165, 1.54) is 0 Å². The Morgan fingerprint density at radius 3 is 2.58 bits per heavy atom. The maximum absolute atomic E-state index is 10.6. The number of hydrogen-bond donors (Lipinski definition) is 1. The van der Waals surface area contributed by atoms with Crippen LogP contribution in [0.2, 0.25) is 0 Å². The first-order valence-corrected chi connectivity index (χ1v) is 3.88. The minimum absolute atomic E-state index is 0.192. The van der Waals surface area contributed by atoms with Crippen LogP contribution in [0.1, 0.15) is 20.3 Å². The van der Waals surface area contributed by atoms with E-state index in [1.807, 2.05) is 0 Å². The van der Waals surface area contributed by atoms with Crippen LogP contribution in [0.4, 0.5) is 0 Å². The molecule has 0 radical (unpaired) electrons. The summed E-state index contributed by atoms with van der Waals surface area (Å²) < 4.78 is 4.85. The second kappa shape index (κ2) is 2.99. The predicted molar refractivity (Wildman–Crippen MR) is 41.1 cm³/mol. The van der Waals surface area contributed by atoms with Gasteiger partial charge in [0.25, 0.3) is 0 Å². The van der Waals surface area contributed by atoms with E-state index in [2.05, 4.69) is 0 Å². The highest BCUT2D eigenvalue weighted by Gasteiger charge is 2.45. The Balaban J connectivity index is 2.63. The Kier molecular flexibility index (Phi) is 2.34. The molecular weight excluding hydrogens is 162 g/mol. The first kappa shape index (κ1) is 9.41. The Bertz CT molecular complexity index is 192. The molecule has 0 aromatic heterocycles. The number of aliphatic hydroxyl groups excluding tert-OH is 1. The molecule has 0 aliphatic carbocycles. The lowest BCUT2D eigenvalue weighted by Crippen LogP contribution is -2.40. The molecule has 0 aromatic carbocycles. The van der Waals surface area contributed by atoms with Crippen LogP contribution in [-0.4, -0.2) is 28.5 Å². The van der Waals surface area contributed by atoms with Crippen LogP contribution < -0.4 is 0 Å². The van der Waals surface area contributed by atoms with Crippen LogP contribution in [0.25, 0.3) is 0 Å². The predicted octanol–water partition coefficient (Wildman–Crippen LogP) is 0.397. The van der Waals surface area contributed by atoms with Gasteiger partial charge in [-0.2, -0.15) is 0 Å². The summed E-state index contributed by atoms with van der Waals surface area (Å²) in [6, 6.07) is 0. The van der Waals surface area contributed by atoms with Crippen molar-refractivity contribution in [3.8, 4) is 0 Å². The van der Waals surface area contributed by atoms with Crippen LogP contribution in [0.3, 0.4) is 0 Å². The molecule has 1 rings (SSSR count). The van der Waals surface area contributed by atoms with Crippen molar-refractivity contribution < 1.29 is 14.8 Å². The highest BCUT2D eigenvalue weighted by molar-refractivity contribution is 4.82. The van der Waals surface area contributed by atoms with Gasteiger partial charge in [-0.15, -0.1) is 0 Å². The van der Waals surface area contributed by atoms with Crippen molar-refractivity contribution in [3.05, 3.63) is 10.1 Å². The molecule has 12 heavy (non-hydrogen) atoms. The van der Waals surface area contributed by atoms with Crippen molar-refractivity contribution in [1.29, 1.82) is 0 Å². The normalized spacial score (nSPS) is 30.6. The van der Waals surface area contributed by atoms with Crippen molar-refractivity contribution >= 4 is 0 Å². The second-order valence-electron chi connectivity index (χ2n) is 3.63. The molecule has 0 bridgehead atoms. The zero-order chi connectivity index (χ0) is 9.35. The first-order chi connectivity index (χ1) is 5.44. The SMILES string of the molecule is CC(C)([C@@H]1CO[C@@H](O)C1)[N+](=O)[O-]. The molecule has 1 aliphatic heterocycles. The van der Waals surface area contributed by atoms with Gasteiger partial charge >= 0.3 is 0 Å². The summed E-state index contributed by atoms with van der Waals surface area (Å²) in [6.07, 6.45) is -0.470. The van der Waals surface area contributed by atoms with E-state index in [0.717, 1.165) is 0 Å². The van der Waals surface area contributed by atoms with Gasteiger partial charge in [0, 0.05) is 25.2 Å². The van der Waals surface area contributed by atoms with Gasteiger partial charge < -0.3 is 9.84 Å². The van der Waals surface area contributed by atoms with Crippen LogP contribution >= 0.6 is 0 Å². The number of nitrogens with zero attached hydrogens (tertiary/aromatic N) is 1. The molecule has 0 saturated carbocycles. The Morgan fingerprint density at radius 1 is 1.67 bits per heavy atom. The highest BCUT2D eigenvalue weighted by atomic mass is 16.6. The third kappa shape index (κ3) is 1.56. The Hall–Kier alpha value is -0.680. The van der Waals surface area contributed by atoms with Crippen LogP contribution in [0, 0.1) is 16.0 Å². The molecule has 5 nitrogen and oxygen atoms in total. The molecule has 5 heteroatoms. The number of nitro groups is 1. The summed E-state index contributed by atoms with van der Waals surface area (Å²) in [7, 11) is 0. The molecule has 1 fully saturated rings. The van der Waals surface area contributed by atoms with E-state index in [4.69, 9.17) is 9.84 Å². The maximum Gasteiger partial charge on any atom is 0.221 e. The summed E-state index contributed by atoms with van der Waals surface area (Å²) in [6.45, 7) is 3.38. The largest absolute Gasteiger partial charge is 0.368 e. The van der Waals surface area contributed by atoms with Crippen molar-refractivity contribution in [2.75, 3.05) is 6.61 Å². The molecule has 2 atom stereocenters. The van der Waals surface area contributed by atoms with Crippen LogP contribution in [-0.2, 0) is 4.74 Å². The molecule has 1 N–H and O–H groups in total. The van der Waals surface area contributed by atoms with Crippen molar-refractivity contribution in [3.63, 3.8) is 0 Å². The number of hydrogen-bond acceptors (Lipinski definition) is 4. The molecule has 0 amide bonds. The summed E-state index contributed by atoms with van der Waals surface area (Å²) in [5.41, 5.74) is -1.00. The fraction of sp³-hybridized carbons (Fsp3) is 1.00. The fourth-order valence-corrected chi connectivity index (χ4v) is 1.25. The minimum atomic E-state index is -1.00. The van der Waals surface area contributed by atoms with Gasteiger partial charge in [0.15, 0.2) is 6.29 Å². The summed E-state index contributed by atoms with van der Waals surface area (Å²) >= 11 is 0. The lowest BCUT2D eigenvalue weighted by Gasteiger charge is -2.20. The quantitative estimate of drug-likeness (QED) is 0.487. The summed E-state index contributed by atoms with van der Waals surface area (Å²) in [4.78, 5) is 10.3. The average Bonchev–Trinajstić information content (AvgIpc) is 2.35. The molecule has 0 aromatic rings. The molecular formula is C7H13NO4. The monoisotopic (exact) mass is 175 g/mol. The van der Waals surface area contributed by atoms with E-state index in [9.17, 15) is 10.1 Å². The number of aliphatic hydroxyl groups is 1. The van der Waals surface area contributed by atoms with Gasteiger partial charge in [0.2, 0.25) is 5.54 Å². The third-order valence-electron chi connectivity index (χ3n) is 2.45. The molecule has 1 saturated heterocycles. The van der Waals surface area contributed by atoms with Gasteiger partial charge in [0.1, 0.15) is 0 Å². The molecule has 0 unspecified atom stereocenters. The molecule has 1 aliphatic rings. The van der Waals surface area contributed by atoms with Crippen molar-refractivity contribution in [2.45, 2.75) is 32.1 Å². The first-order valence-electron chi connectivity index (χ1n) is 3.88. The lowest BCUT2D eigenvalue weighted by atomic mass is 9.87. The average molecular weight is 175 g/mol. The molecule has 0 spiro atoms. The van der Waals surface area contributed by atoms with Gasteiger partial charge in [-0.05, 0) is 0 Å². The molecule has 70 valence electrons. The van der Waals surface area contributed by atoms with E-state index >= 15 is 0 Å². The zero-order valence-electron chi connectivity index (χ0n) is 7.19. The third-order valence-corrected chi connectivity index (χ3v) is 2.45. The topological polar surface area (TPSA) is 72.6 Å². The van der Waals surface area contributed by atoms with Gasteiger partial charge in [0.05, 0.1) is 12.5 Å². The van der Waals surface area contributed by atoms with E-state index < -0.39 is 11.8 Å². The van der Waals surface area contributed by atoms with E-state index in [-0.39, 0.29) is 17.4 Å². The molecule has 1 heterocycles. The standard InChI is InChI=1S/C7H13NO4/c1-7(2,8(10)11)5-3-6(9)12-4-5/h5-6,9H,3-4H2,1-2H3/t5-,6+/m0/s1. The van der Waals surface area contributed by atoms with E-state index in [1.54, 1.807) is 13.8 Å². The maximum atomic E-state index is 10.6. The Labute approximate surface area is 70.5 Å². The van der Waals surface area contributed by atoms with Gasteiger partial charge in [-0.25, -0.2) is 0 Å². The van der Waals surface area contributed by atoms with Crippen LogP contribution in [0.15, 0.2) is 0 Å². The van der Waals surface area contributed by atoms with Gasteiger partial charge in [-0.3, -0.25) is 10.1 Å². The minimum Gasteiger partial charge on any atom is -0.368 e. The second-order valence-corrected chi connectivity index (χ2v) is 3.63. The summed E-state index contributed by atoms with van der Waals surface area (Å²) in [5.74, 6) is -0.192. The van der Waals surface area contributed by atoms with Crippen molar-refractivity contribution in [1.82, 2.24) is 0 Å². The number of ether oxygens (including phenoxy) is 1. The lowest BCUT2D eigenvalue weighted by molar-refractivity contribution is -0.571. The highest BCUT2D eigenvalue weighted by Crippen LogP contribution is 2.30. The Morgan fingerprint density at radius 2 is 2.25 bits per heavy atom. The van der Waals surface area contributed by atoms with Crippen molar-refractivity contribution in [2.24, 2.45) is 5.92 Å². The fourth-order valence-electron chi connectivity index (χ4n) is 1.25. The van der Waals surface area contributed by atoms with Gasteiger partial charge in [-0.1, -0.05) is 0 Å². The number of rotatable bonds is 2. The van der Waals surface area contributed by atoms with E-state index in [0.29, 0.717) is 6.42 Å². The smallest absolute Gasteiger partial charge is 0.221 e.